The monoisotopic (exact) mass is 347 g/mol. The Morgan fingerprint density at radius 3 is 2.40 bits per heavy atom. The van der Waals surface area contributed by atoms with Gasteiger partial charge < -0.3 is 14.7 Å². The first-order chi connectivity index (χ1) is 12.0. The van der Waals surface area contributed by atoms with Crippen LogP contribution in [0.2, 0.25) is 0 Å². The first-order valence-electron chi connectivity index (χ1n) is 8.65. The minimum Gasteiger partial charge on any atom is -0.338 e. The molecule has 0 aliphatic carbocycles. The summed E-state index contributed by atoms with van der Waals surface area (Å²) in [5.41, 5.74) is 0.318. The van der Waals surface area contributed by atoms with Gasteiger partial charge in [-0.1, -0.05) is 6.07 Å². The quantitative estimate of drug-likeness (QED) is 0.823. The Hall–Kier alpha value is -2.44. The molecule has 0 unspecified atom stereocenters. The molecular weight excluding hydrogens is 325 g/mol. The number of likely N-dealkylation sites (tertiary alicyclic amines) is 1. The minimum absolute atomic E-state index is 0.0412. The Kier molecular flexibility index (Phi) is 5.31. The number of nitrogens with zero attached hydrogens (tertiary/aromatic N) is 3. The van der Waals surface area contributed by atoms with E-state index in [-0.39, 0.29) is 24.3 Å². The van der Waals surface area contributed by atoms with Gasteiger partial charge in [-0.2, -0.15) is 0 Å². The second-order valence-electron chi connectivity index (χ2n) is 6.46. The number of hydrogen-bond donors (Lipinski definition) is 0. The van der Waals surface area contributed by atoms with Crippen LogP contribution in [0.4, 0.5) is 4.39 Å². The Balaban J connectivity index is 1.52. The number of amides is 3. The fourth-order valence-corrected chi connectivity index (χ4v) is 3.26. The summed E-state index contributed by atoms with van der Waals surface area (Å²) in [6.45, 7) is 2.45. The van der Waals surface area contributed by atoms with Crippen molar-refractivity contribution in [3.05, 3.63) is 35.6 Å². The van der Waals surface area contributed by atoms with E-state index in [0.717, 1.165) is 12.8 Å². The van der Waals surface area contributed by atoms with Gasteiger partial charge in [-0.3, -0.25) is 14.4 Å². The number of carbonyl (C=O) groups excluding carboxylic acids is 3. The van der Waals surface area contributed by atoms with E-state index < -0.39 is 5.82 Å². The third kappa shape index (κ3) is 4.15. The number of piperidine rings is 1. The lowest BCUT2D eigenvalue weighted by molar-refractivity contribution is -0.142. The van der Waals surface area contributed by atoms with E-state index in [1.807, 2.05) is 0 Å². The SMILES string of the molecule is O=C(CN1CCCCC1=O)N1CCN(C(=O)c2cccc(F)c2)CC1. The fraction of sp³-hybridized carbons (Fsp3) is 0.500. The molecule has 7 heteroatoms. The lowest BCUT2D eigenvalue weighted by Crippen LogP contribution is -2.53. The van der Waals surface area contributed by atoms with Crippen molar-refractivity contribution < 1.29 is 18.8 Å². The molecule has 3 rings (SSSR count). The summed E-state index contributed by atoms with van der Waals surface area (Å²) >= 11 is 0. The number of hydrogen-bond acceptors (Lipinski definition) is 3. The number of rotatable bonds is 3. The average molecular weight is 347 g/mol. The van der Waals surface area contributed by atoms with Gasteiger partial charge in [0.15, 0.2) is 0 Å². The Morgan fingerprint density at radius 1 is 1.00 bits per heavy atom. The molecule has 0 spiro atoms. The van der Waals surface area contributed by atoms with E-state index in [1.54, 1.807) is 20.8 Å². The van der Waals surface area contributed by atoms with Crippen LogP contribution < -0.4 is 0 Å². The Morgan fingerprint density at radius 2 is 1.72 bits per heavy atom. The van der Waals surface area contributed by atoms with Gasteiger partial charge in [0.25, 0.3) is 5.91 Å². The molecule has 0 atom stereocenters. The van der Waals surface area contributed by atoms with Crippen LogP contribution in [-0.2, 0) is 9.59 Å². The molecule has 134 valence electrons. The first-order valence-corrected chi connectivity index (χ1v) is 8.65. The zero-order valence-electron chi connectivity index (χ0n) is 14.1. The molecule has 0 aromatic heterocycles. The molecule has 0 saturated carbocycles. The van der Waals surface area contributed by atoms with Crippen LogP contribution in [0.5, 0.6) is 0 Å². The Bertz CT molecular complexity index is 671. The van der Waals surface area contributed by atoms with Crippen LogP contribution in [0.15, 0.2) is 24.3 Å². The van der Waals surface area contributed by atoms with Crippen LogP contribution >= 0.6 is 0 Å². The molecule has 1 aromatic carbocycles. The van der Waals surface area contributed by atoms with Crippen LogP contribution in [0.1, 0.15) is 29.6 Å². The number of benzene rings is 1. The predicted molar refractivity (Wildman–Crippen MR) is 89.3 cm³/mol. The van der Waals surface area contributed by atoms with Crippen molar-refractivity contribution in [1.29, 1.82) is 0 Å². The highest BCUT2D eigenvalue weighted by Gasteiger charge is 2.27. The van der Waals surface area contributed by atoms with Crippen LogP contribution in [0, 0.1) is 5.82 Å². The largest absolute Gasteiger partial charge is 0.338 e. The van der Waals surface area contributed by atoms with Gasteiger partial charge in [-0.25, -0.2) is 4.39 Å². The molecule has 2 aliphatic rings. The molecule has 2 heterocycles. The van der Waals surface area contributed by atoms with Gasteiger partial charge in [0.1, 0.15) is 5.82 Å². The van der Waals surface area contributed by atoms with E-state index in [9.17, 15) is 18.8 Å². The van der Waals surface area contributed by atoms with E-state index in [0.29, 0.717) is 44.7 Å². The highest BCUT2D eigenvalue weighted by atomic mass is 19.1. The summed E-state index contributed by atoms with van der Waals surface area (Å²) in [6, 6.07) is 5.62. The summed E-state index contributed by atoms with van der Waals surface area (Å²) < 4.78 is 13.3. The van der Waals surface area contributed by atoms with Gasteiger partial charge in [-0.05, 0) is 31.0 Å². The first kappa shape index (κ1) is 17.4. The van der Waals surface area contributed by atoms with Gasteiger partial charge >= 0.3 is 0 Å². The van der Waals surface area contributed by atoms with Gasteiger partial charge in [0.05, 0.1) is 6.54 Å². The highest BCUT2D eigenvalue weighted by Crippen LogP contribution is 2.13. The van der Waals surface area contributed by atoms with E-state index in [1.165, 1.54) is 18.2 Å². The zero-order chi connectivity index (χ0) is 17.8. The van der Waals surface area contributed by atoms with Gasteiger partial charge in [-0.15, -0.1) is 0 Å². The number of carbonyl (C=O) groups is 3. The van der Waals surface area contributed by atoms with Gasteiger partial charge in [0.2, 0.25) is 11.8 Å². The molecule has 6 nitrogen and oxygen atoms in total. The van der Waals surface area contributed by atoms with Gasteiger partial charge in [0, 0.05) is 44.7 Å². The van der Waals surface area contributed by atoms with E-state index in [4.69, 9.17) is 0 Å². The maximum absolute atomic E-state index is 13.3. The molecule has 3 amide bonds. The van der Waals surface area contributed by atoms with Crippen molar-refractivity contribution in [3.8, 4) is 0 Å². The normalized spacial score (nSPS) is 18.4. The predicted octanol–water partition coefficient (Wildman–Crippen LogP) is 1.12. The van der Waals surface area contributed by atoms with Crippen LogP contribution in [-0.4, -0.2) is 71.7 Å². The van der Waals surface area contributed by atoms with Crippen molar-refractivity contribution in [2.45, 2.75) is 19.3 Å². The molecule has 2 aliphatic heterocycles. The molecule has 0 N–H and O–H groups in total. The smallest absolute Gasteiger partial charge is 0.254 e. The molecule has 0 bridgehead atoms. The molecule has 0 radical (unpaired) electrons. The Labute approximate surface area is 146 Å². The average Bonchev–Trinajstić information content (AvgIpc) is 2.63. The summed E-state index contributed by atoms with van der Waals surface area (Å²) in [4.78, 5) is 41.5. The minimum atomic E-state index is -0.439. The highest BCUT2D eigenvalue weighted by molar-refractivity contribution is 5.94. The summed E-state index contributed by atoms with van der Waals surface area (Å²) in [6.07, 6.45) is 2.35. The maximum Gasteiger partial charge on any atom is 0.254 e. The second-order valence-corrected chi connectivity index (χ2v) is 6.46. The lowest BCUT2D eigenvalue weighted by Gasteiger charge is -2.36. The van der Waals surface area contributed by atoms with Crippen molar-refractivity contribution in [3.63, 3.8) is 0 Å². The zero-order valence-corrected chi connectivity index (χ0v) is 14.1. The van der Waals surface area contributed by atoms with Crippen molar-refractivity contribution in [2.75, 3.05) is 39.3 Å². The summed E-state index contributed by atoms with van der Waals surface area (Å²) in [5, 5.41) is 0. The maximum atomic E-state index is 13.3. The van der Waals surface area contributed by atoms with Crippen molar-refractivity contribution in [1.82, 2.24) is 14.7 Å². The summed E-state index contributed by atoms with van der Waals surface area (Å²) in [5.74, 6) is -0.698. The molecule has 2 fully saturated rings. The third-order valence-electron chi connectivity index (χ3n) is 4.74. The standard InChI is InChI=1S/C18H22FN3O3/c19-15-5-3-4-14(12-15)18(25)21-10-8-20(9-11-21)17(24)13-22-7-2-1-6-16(22)23/h3-5,12H,1-2,6-11,13H2. The summed E-state index contributed by atoms with van der Waals surface area (Å²) in [7, 11) is 0. The van der Waals surface area contributed by atoms with Crippen LogP contribution in [0.25, 0.3) is 0 Å². The molecular formula is C18H22FN3O3. The number of halogens is 1. The topological polar surface area (TPSA) is 60.9 Å². The van der Waals surface area contributed by atoms with Crippen molar-refractivity contribution >= 4 is 17.7 Å². The van der Waals surface area contributed by atoms with Crippen LogP contribution in [0.3, 0.4) is 0 Å². The third-order valence-corrected chi connectivity index (χ3v) is 4.74. The molecule has 2 saturated heterocycles. The van der Waals surface area contributed by atoms with E-state index >= 15 is 0 Å². The fourth-order valence-electron chi connectivity index (χ4n) is 3.26. The number of piperazine rings is 1. The lowest BCUT2D eigenvalue weighted by atomic mass is 10.1. The van der Waals surface area contributed by atoms with Crippen molar-refractivity contribution in [2.24, 2.45) is 0 Å². The molecule has 1 aromatic rings. The van der Waals surface area contributed by atoms with E-state index in [2.05, 4.69) is 0 Å². The molecule has 25 heavy (non-hydrogen) atoms. The second kappa shape index (κ2) is 7.63.